The predicted molar refractivity (Wildman–Crippen MR) is 55.1 cm³/mol. The van der Waals surface area contributed by atoms with Crippen LogP contribution in [0.25, 0.3) is 0 Å². The summed E-state index contributed by atoms with van der Waals surface area (Å²) in [5.41, 5.74) is -0.916. The van der Waals surface area contributed by atoms with Crippen LogP contribution in [0.15, 0.2) is 14.6 Å². The Hall–Kier alpha value is -1.89. The number of hydrogen-bond donors (Lipinski definition) is 3. The van der Waals surface area contributed by atoms with E-state index in [1.807, 2.05) is 0 Å². The number of aromatic nitrogens is 2. The van der Waals surface area contributed by atoms with Crippen molar-refractivity contribution < 1.29 is 5.11 Å². The van der Waals surface area contributed by atoms with Gasteiger partial charge in [-0.05, 0) is 0 Å². The van der Waals surface area contributed by atoms with Gasteiger partial charge in [-0.25, -0.2) is 9.79 Å². The predicted octanol–water partition coefficient (Wildman–Crippen LogP) is -1.42. The second-order valence-corrected chi connectivity index (χ2v) is 3.09. The molecule has 1 aromatic heterocycles. The molecule has 0 atom stereocenters. The third-order valence-electron chi connectivity index (χ3n) is 2.11. The molecular formula is C8H10N4O3. The number of nitrogens with one attached hydrogen (secondary N) is 2. The normalized spacial score (nSPS) is 14.1. The molecule has 0 spiro atoms. The number of β-amino-alcohol motifs (C(OH)–C–C–N with tert-alkyl or cyclic N) is 1. The average Bonchev–Trinajstić information content (AvgIpc) is 2.19. The van der Waals surface area contributed by atoms with Crippen molar-refractivity contribution in [2.24, 2.45) is 4.99 Å². The van der Waals surface area contributed by atoms with Crippen LogP contribution in [-0.4, -0.2) is 41.0 Å². The number of aliphatic hydroxyl groups is 1. The van der Waals surface area contributed by atoms with Crippen molar-refractivity contribution >= 4 is 17.7 Å². The fraction of sp³-hybridized carbons (Fsp3) is 0.375. The minimum absolute atomic E-state index is 0.0535. The van der Waals surface area contributed by atoms with Gasteiger partial charge in [0.15, 0.2) is 5.69 Å². The lowest BCUT2D eigenvalue weighted by molar-refractivity contribution is 0.303. The number of fused-ring (bicyclic) bond motifs is 1. The summed E-state index contributed by atoms with van der Waals surface area (Å²) in [5, 5.41) is 8.82. The van der Waals surface area contributed by atoms with Crippen molar-refractivity contribution in [2.75, 3.05) is 24.6 Å². The smallest absolute Gasteiger partial charge is 0.327 e. The lowest BCUT2D eigenvalue weighted by Crippen LogP contribution is -2.36. The Morgan fingerprint density at radius 1 is 1.47 bits per heavy atom. The molecule has 0 fully saturated rings. The first kappa shape index (κ1) is 9.66. The molecule has 0 unspecified atom stereocenters. The van der Waals surface area contributed by atoms with E-state index in [1.165, 1.54) is 0 Å². The summed E-state index contributed by atoms with van der Waals surface area (Å²) in [7, 11) is 0. The zero-order valence-corrected chi connectivity index (χ0v) is 7.86. The summed E-state index contributed by atoms with van der Waals surface area (Å²) in [4.78, 5) is 32.6. The topological polar surface area (TPSA) is 102 Å². The van der Waals surface area contributed by atoms with Gasteiger partial charge < -0.3 is 10.0 Å². The summed E-state index contributed by atoms with van der Waals surface area (Å²) >= 11 is 0. The van der Waals surface area contributed by atoms with Gasteiger partial charge in [0.25, 0.3) is 5.56 Å². The number of rotatable bonds is 2. The fourth-order valence-electron chi connectivity index (χ4n) is 1.46. The molecule has 1 aliphatic heterocycles. The Labute approximate surface area is 84.1 Å². The van der Waals surface area contributed by atoms with Crippen LogP contribution in [0, 0.1) is 0 Å². The molecule has 2 heterocycles. The molecule has 0 bridgehead atoms. The van der Waals surface area contributed by atoms with Gasteiger partial charge in [0.1, 0.15) is 5.82 Å². The summed E-state index contributed by atoms with van der Waals surface area (Å²) in [6.45, 7) is 0.757. The maximum Gasteiger partial charge on any atom is 0.327 e. The monoisotopic (exact) mass is 210 g/mol. The molecule has 3 N–H and O–H groups in total. The standard InChI is InChI=1S/C8H10N4O3/c13-4-3-12-2-1-9-5-6(12)10-8(15)11-7(5)14/h1,13H,2-4H2,(H2,10,11,14,15). The molecule has 0 aliphatic carbocycles. The Morgan fingerprint density at radius 3 is 3.00 bits per heavy atom. The molecule has 7 nitrogen and oxygen atoms in total. The minimum Gasteiger partial charge on any atom is -0.395 e. The summed E-state index contributed by atoms with van der Waals surface area (Å²) < 4.78 is 0. The fourth-order valence-corrected chi connectivity index (χ4v) is 1.46. The van der Waals surface area contributed by atoms with E-state index in [1.54, 1.807) is 11.1 Å². The average molecular weight is 210 g/mol. The molecule has 0 radical (unpaired) electrons. The highest BCUT2D eigenvalue weighted by atomic mass is 16.3. The zero-order chi connectivity index (χ0) is 10.8. The van der Waals surface area contributed by atoms with Crippen molar-refractivity contribution in [1.29, 1.82) is 0 Å². The molecule has 80 valence electrons. The number of aliphatic hydroxyl groups excluding tert-OH is 1. The quantitative estimate of drug-likeness (QED) is 0.557. The van der Waals surface area contributed by atoms with Crippen molar-refractivity contribution in [2.45, 2.75) is 0 Å². The first-order valence-electron chi connectivity index (χ1n) is 4.47. The van der Waals surface area contributed by atoms with E-state index in [2.05, 4.69) is 15.0 Å². The number of H-pyrrole nitrogens is 2. The summed E-state index contributed by atoms with van der Waals surface area (Å²) in [5.74, 6) is 0.361. The van der Waals surface area contributed by atoms with Crippen LogP contribution in [0.5, 0.6) is 0 Å². The van der Waals surface area contributed by atoms with Gasteiger partial charge in [-0.15, -0.1) is 0 Å². The number of aliphatic imine (C=N–C) groups is 1. The molecule has 15 heavy (non-hydrogen) atoms. The molecule has 2 rings (SSSR count). The van der Waals surface area contributed by atoms with Crippen LogP contribution in [0.4, 0.5) is 11.5 Å². The lowest BCUT2D eigenvalue weighted by Gasteiger charge is -2.24. The number of nitrogens with zero attached hydrogens (tertiary/aromatic N) is 2. The van der Waals surface area contributed by atoms with Gasteiger partial charge in [0.05, 0.1) is 13.2 Å². The molecule has 1 aromatic rings. The zero-order valence-electron chi connectivity index (χ0n) is 7.86. The van der Waals surface area contributed by atoms with Crippen LogP contribution < -0.4 is 16.1 Å². The van der Waals surface area contributed by atoms with E-state index < -0.39 is 11.2 Å². The second-order valence-electron chi connectivity index (χ2n) is 3.09. The van der Waals surface area contributed by atoms with Crippen molar-refractivity contribution in [3.8, 4) is 0 Å². The summed E-state index contributed by atoms with van der Waals surface area (Å²) in [6.07, 6.45) is 1.56. The van der Waals surface area contributed by atoms with E-state index in [0.717, 1.165) is 0 Å². The maximum absolute atomic E-state index is 11.4. The Kier molecular flexibility index (Phi) is 2.38. The largest absolute Gasteiger partial charge is 0.395 e. The highest BCUT2D eigenvalue weighted by molar-refractivity contribution is 5.78. The third kappa shape index (κ3) is 1.68. The van der Waals surface area contributed by atoms with Crippen LogP contribution in [-0.2, 0) is 0 Å². The molecule has 7 heteroatoms. The third-order valence-corrected chi connectivity index (χ3v) is 2.11. The molecule has 0 amide bonds. The molecule has 0 aromatic carbocycles. The van der Waals surface area contributed by atoms with Gasteiger partial charge in [-0.3, -0.25) is 14.8 Å². The SMILES string of the molecule is O=c1[nH]c2c(c(=O)[nH]1)N=CCN2CCO. The van der Waals surface area contributed by atoms with E-state index in [0.29, 0.717) is 18.9 Å². The number of anilines is 1. The number of hydrogen-bond acceptors (Lipinski definition) is 5. The van der Waals surface area contributed by atoms with Crippen LogP contribution in [0.3, 0.4) is 0 Å². The molecule has 0 saturated carbocycles. The Bertz CT molecular complexity index is 501. The van der Waals surface area contributed by atoms with Gasteiger partial charge in [0, 0.05) is 12.8 Å². The first-order valence-corrected chi connectivity index (χ1v) is 4.47. The summed E-state index contributed by atoms with van der Waals surface area (Å²) in [6, 6.07) is 0. The van der Waals surface area contributed by atoms with Crippen LogP contribution >= 0.6 is 0 Å². The van der Waals surface area contributed by atoms with Crippen molar-refractivity contribution in [1.82, 2.24) is 9.97 Å². The second kappa shape index (κ2) is 3.70. The van der Waals surface area contributed by atoms with E-state index >= 15 is 0 Å². The van der Waals surface area contributed by atoms with Gasteiger partial charge in [0.2, 0.25) is 0 Å². The highest BCUT2D eigenvalue weighted by Crippen LogP contribution is 2.22. The molecule has 1 aliphatic rings. The van der Waals surface area contributed by atoms with Gasteiger partial charge in [-0.2, -0.15) is 0 Å². The lowest BCUT2D eigenvalue weighted by atomic mass is 10.3. The number of aromatic amines is 2. The first-order chi connectivity index (χ1) is 7.22. The minimum atomic E-state index is -0.571. The van der Waals surface area contributed by atoms with Gasteiger partial charge >= 0.3 is 5.69 Å². The maximum atomic E-state index is 11.4. The Balaban J connectivity index is 2.56. The van der Waals surface area contributed by atoms with Crippen LogP contribution in [0.1, 0.15) is 0 Å². The van der Waals surface area contributed by atoms with E-state index in [-0.39, 0.29) is 12.3 Å². The van der Waals surface area contributed by atoms with E-state index in [4.69, 9.17) is 5.11 Å². The van der Waals surface area contributed by atoms with Crippen molar-refractivity contribution in [3.05, 3.63) is 20.8 Å². The van der Waals surface area contributed by atoms with Gasteiger partial charge in [-0.1, -0.05) is 0 Å². The van der Waals surface area contributed by atoms with E-state index in [9.17, 15) is 9.59 Å². The Morgan fingerprint density at radius 2 is 2.27 bits per heavy atom. The van der Waals surface area contributed by atoms with Crippen molar-refractivity contribution in [3.63, 3.8) is 0 Å². The van der Waals surface area contributed by atoms with Crippen LogP contribution in [0.2, 0.25) is 0 Å². The highest BCUT2D eigenvalue weighted by Gasteiger charge is 2.17. The molecular weight excluding hydrogens is 200 g/mol. The molecule has 0 saturated heterocycles.